The van der Waals surface area contributed by atoms with Gasteiger partial charge in [-0.15, -0.1) is 0 Å². The Morgan fingerprint density at radius 3 is 2.63 bits per heavy atom. The predicted molar refractivity (Wildman–Crippen MR) is 109 cm³/mol. The normalized spacial score (nSPS) is 10.7. The highest BCUT2D eigenvalue weighted by molar-refractivity contribution is 6.05. The molecule has 5 nitrogen and oxygen atoms in total. The Bertz CT molecular complexity index is 923. The molecule has 0 aliphatic rings. The highest BCUT2D eigenvalue weighted by atomic mass is 16.1. The summed E-state index contributed by atoms with van der Waals surface area (Å²) in [6.07, 6.45) is 3.39. The van der Waals surface area contributed by atoms with Crippen LogP contribution in [0.1, 0.15) is 46.9 Å². The minimum atomic E-state index is -0.144. The monoisotopic (exact) mass is 360 g/mol. The summed E-state index contributed by atoms with van der Waals surface area (Å²) in [6.45, 7) is 6.80. The Labute approximate surface area is 159 Å². The number of carbonyl (C=O) groups excluding carboxylic acids is 1. The average Bonchev–Trinajstić information content (AvgIpc) is 2.68. The van der Waals surface area contributed by atoms with Crippen LogP contribution in [0.15, 0.2) is 60.9 Å². The van der Waals surface area contributed by atoms with Gasteiger partial charge in [-0.2, -0.15) is 0 Å². The number of para-hydroxylation sites is 1. The van der Waals surface area contributed by atoms with Crippen molar-refractivity contribution in [1.82, 2.24) is 9.97 Å². The largest absolute Gasteiger partial charge is 0.364 e. The zero-order chi connectivity index (χ0) is 19.2. The van der Waals surface area contributed by atoms with Crippen LogP contribution in [0.5, 0.6) is 0 Å². The summed E-state index contributed by atoms with van der Waals surface area (Å²) in [7, 11) is 0. The van der Waals surface area contributed by atoms with Gasteiger partial charge in [0.2, 0.25) is 0 Å². The molecule has 0 aliphatic carbocycles. The number of carbonyl (C=O) groups is 1. The van der Waals surface area contributed by atoms with Crippen molar-refractivity contribution in [1.29, 1.82) is 0 Å². The lowest BCUT2D eigenvalue weighted by Crippen LogP contribution is -2.15. The lowest BCUT2D eigenvalue weighted by molar-refractivity contribution is 0.102. The van der Waals surface area contributed by atoms with Crippen LogP contribution >= 0.6 is 0 Å². The van der Waals surface area contributed by atoms with E-state index in [9.17, 15) is 4.79 Å². The molecule has 0 saturated heterocycles. The van der Waals surface area contributed by atoms with Gasteiger partial charge in [0.25, 0.3) is 5.91 Å². The van der Waals surface area contributed by atoms with Crippen molar-refractivity contribution in [2.24, 2.45) is 0 Å². The van der Waals surface area contributed by atoms with Crippen molar-refractivity contribution in [3.8, 4) is 0 Å². The molecule has 0 atom stereocenters. The lowest BCUT2D eigenvalue weighted by atomic mass is 9.98. The Morgan fingerprint density at radius 2 is 1.89 bits per heavy atom. The van der Waals surface area contributed by atoms with E-state index in [1.54, 1.807) is 24.5 Å². The number of hydrogen-bond acceptors (Lipinski definition) is 4. The first-order valence-electron chi connectivity index (χ1n) is 9.05. The van der Waals surface area contributed by atoms with Gasteiger partial charge < -0.3 is 10.6 Å². The second kappa shape index (κ2) is 8.45. The molecule has 0 unspecified atom stereocenters. The molecule has 2 N–H and O–H groups in total. The third-order valence-electron chi connectivity index (χ3n) is 4.36. The van der Waals surface area contributed by atoms with Crippen molar-refractivity contribution >= 4 is 17.4 Å². The summed E-state index contributed by atoms with van der Waals surface area (Å²) < 4.78 is 0. The molecule has 27 heavy (non-hydrogen) atoms. The molecule has 2 heterocycles. The van der Waals surface area contributed by atoms with Crippen molar-refractivity contribution in [3.05, 3.63) is 83.3 Å². The first kappa shape index (κ1) is 18.6. The number of aryl methyl sites for hydroxylation is 1. The Balaban J connectivity index is 1.74. The molecule has 3 rings (SSSR count). The number of amides is 1. The first-order valence-corrected chi connectivity index (χ1v) is 9.05. The van der Waals surface area contributed by atoms with Crippen LogP contribution in [-0.4, -0.2) is 15.9 Å². The van der Waals surface area contributed by atoms with Crippen molar-refractivity contribution in [2.45, 2.75) is 33.2 Å². The average molecular weight is 360 g/mol. The second-order valence-electron chi connectivity index (χ2n) is 6.75. The number of aromatic nitrogens is 2. The molecular formula is C22H24N4O. The molecule has 0 radical (unpaired) electrons. The smallest absolute Gasteiger partial charge is 0.255 e. The molecule has 5 heteroatoms. The van der Waals surface area contributed by atoms with Gasteiger partial charge in [0.15, 0.2) is 0 Å². The van der Waals surface area contributed by atoms with E-state index in [-0.39, 0.29) is 5.91 Å². The van der Waals surface area contributed by atoms with Crippen LogP contribution in [0, 0.1) is 6.92 Å². The molecule has 3 aromatic rings. The SMILES string of the molecule is Cc1cccc(C(C)C)c1NC(=O)c1ccnc(NCc2ccccn2)c1. The van der Waals surface area contributed by atoms with Crippen molar-refractivity contribution < 1.29 is 4.79 Å². The van der Waals surface area contributed by atoms with Gasteiger partial charge in [-0.05, 0) is 48.2 Å². The summed E-state index contributed by atoms with van der Waals surface area (Å²) in [4.78, 5) is 21.4. The van der Waals surface area contributed by atoms with Gasteiger partial charge in [0.05, 0.1) is 12.2 Å². The third kappa shape index (κ3) is 4.70. The minimum absolute atomic E-state index is 0.144. The van der Waals surface area contributed by atoms with Gasteiger partial charge in [-0.25, -0.2) is 4.98 Å². The van der Waals surface area contributed by atoms with E-state index >= 15 is 0 Å². The highest BCUT2D eigenvalue weighted by Crippen LogP contribution is 2.28. The lowest BCUT2D eigenvalue weighted by Gasteiger charge is -2.16. The van der Waals surface area contributed by atoms with Crippen LogP contribution in [0.2, 0.25) is 0 Å². The summed E-state index contributed by atoms with van der Waals surface area (Å²) in [5.41, 5.74) is 4.54. The second-order valence-corrected chi connectivity index (χ2v) is 6.75. The predicted octanol–water partition coefficient (Wildman–Crippen LogP) is 4.77. The Kier molecular flexibility index (Phi) is 5.81. The number of anilines is 2. The summed E-state index contributed by atoms with van der Waals surface area (Å²) in [5, 5.41) is 6.28. The summed E-state index contributed by atoms with van der Waals surface area (Å²) in [6, 6.07) is 15.3. The number of pyridine rings is 2. The molecule has 2 aromatic heterocycles. The van der Waals surface area contributed by atoms with Crippen LogP contribution in [0.3, 0.4) is 0 Å². The standard InChI is InChI=1S/C22H24N4O/c1-15(2)19-9-6-7-16(3)21(19)26-22(27)17-10-12-24-20(13-17)25-14-18-8-4-5-11-23-18/h4-13,15H,14H2,1-3H3,(H,24,25)(H,26,27). The molecule has 1 amide bonds. The minimum Gasteiger partial charge on any atom is -0.364 e. The van der Waals surface area contributed by atoms with E-state index in [1.165, 1.54) is 0 Å². The van der Waals surface area contributed by atoms with Gasteiger partial charge in [-0.1, -0.05) is 38.1 Å². The fourth-order valence-electron chi connectivity index (χ4n) is 2.88. The Hall–Kier alpha value is -3.21. The van der Waals surface area contributed by atoms with Crippen molar-refractivity contribution in [3.63, 3.8) is 0 Å². The van der Waals surface area contributed by atoms with E-state index < -0.39 is 0 Å². The van der Waals surface area contributed by atoms with Gasteiger partial charge in [-0.3, -0.25) is 9.78 Å². The topological polar surface area (TPSA) is 66.9 Å². The molecule has 0 saturated carbocycles. The van der Waals surface area contributed by atoms with Crippen LogP contribution < -0.4 is 10.6 Å². The fraction of sp³-hybridized carbons (Fsp3) is 0.227. The van der Waals surface area contributed by atoms with Crippen LogP contribution in [0.25, 0.3) is 0 Å². The highest BCUT2D eigenvalue weighted by Gasteiger charge is 2.14. The third-order valence-corrected chi connectivity index (χ3v) is 4.36. The quantitative estimate of drug-likeness (QED) is 0.664. The molecule has 0 bridgehead atoms. The zero-order valence-electron chi connectivity index (χ0n) is 15.9. The maximum Gasteiger partial charge on any atom is 0.255 e. The van der Waals surface area contributed by atoms with E-state index in [0.29, 0.717) is 23.8 Å². The van der Waals surface area contributed by atoms with Crippen LogP contribution in [-0.2, 0) is 6.54 Å². The number of benzene rings is 1. The summed E-state index contributed by atoms with van der Waals surface area (Å²) >= 11 is 0. The van der Waals surface area contributed by atoms with Crippen molar-refractivity contribution in [2.75, 3.05) is 10.6 Å². The number of nitrogens with one attached hydrogen (secondary N) is 2. The van der Waals surface area contributed by atoms with Gasteiger partial charge in [0, 0.05) is 23.6 Å². The molecule has 0 aliphatic heterocycles. The maximum absolute atomic E-state index is 12.8. The first-order chi connectivity index (χ1) is 13.0. The Morgan fingerprint density at radius 1 is 1.04 bits per heavy atom. The van der Waals surface area contributed by atoms with E-state index in [0.717, 1.165) is 22.5 Å². The maximum atomic E-state index is 12.8. The number of rotatable bonds is 6. The molecule has 0 fully saturated rings. The molecule has 0 spiro atoms. The van der Waals surface area contributed by atoms with Gasteiger partial charge in [0.1, 0.15) is 5.82 Å². The fourth-order valence-corrected chi connectivity index (χ4v) is 2.88. The van der Waals surface area contributed by atoms with E-state index in [2.05, 4.69) is 40.5 Å². The van der Waals surface area contributed by atoms with E-state index in [4.69, 9.17) is 0 Å². The van der Waals surface area contributed by atoms with Crippen LogP contribution in [0.4, 0.5) is 11.5 Å². The molecular weight excluding hydrogens is 336 g/mol. The van der Waals surface area contributed by atoms with Gasteiger partial charge >= 0.3 is 0 Å². The number of nitrogens with zero attached hydrogens (tertiary/aromatic N) is 2. The molecule has 138 valence electrons. The number of hydrogen-bond donors (Lipinski definition) is 2. The zero-order valence-corrected chi connectivity index (χ0v) is 15.9. The van der Waals surface area contributed by atoms with E-state index in [1.807, 2.05) is 37.3 Å². The summed E-state index contributed by atoms with van der Waals surface area (Å²) in [5.74, 6) is 0.824. The molecule has 1 aromatic carbocycles.